The van der Waals surface area contributed by atoms with Gasteiger partial charge in [0.1, 0.15) is 11.5 Å². The van der Waals surface area contributed by atoms with Gasteiger partial charge in [-0.3, -0.25) is 25.1 Å². The monoisotopic (exact) mass is 638 g/mol. The van der Waals surface area contributed by atoms with E-state index in [0.717, 1.165) is 42.6 Å². The maximum Gasteiger partial charge on any atom is 0.293 e. The molecule has 0 radical (unpaired) electrons. The van der Waals surface area contributed by atoms with Crippen molar-refractivity contribution in [1.29, 1.82) is 5.41 Å². The molecule has 1 saturated heterocycles. The average Bonchev–Trinajstić information content (AvgIpc) is 2.99. The van der Waals surface area contributed by atoms with Crippen molar-refractivity contribution in [3.8, 4) is 0 Å². The summed E-state index contributed by atoms with van der Waals surface area (Å²) in [6.07, 6.45) is 2.81. The second-order valence-corrected chi connectivity index (χ2v) is 14.9. The largest absolute Gasteiger partial charge is 0.371 e. The first-order valence-corrected chi connectivity index (χ1v) is 17.1. The fourth-order valence-electron chi connectivity index (χ4n) is 5.15. The van der Waals surface area contributed by atoms with Crippen molar-refractivity contribution in [2.24, 2.45) is 5.41 Å². The van der Waals surface area contributed by atoms with Crippen LogP contribution in [0.4, 0.5) is 17.1 Å². The molecule has 4 rings (SSSR count). The minimum Gasteiger partial charge on any atom is -0.371 e. The first-order chi connectivity index (χ1) is 20.7. The topological polar surface area (TPSA) is 132 Å². The van der Waals surface area contributed by atoms with Crippen LogP contribution < -0.4 is 14.9 Å². The molecule has 12 heteroatoms. The third-order valence-electron chi connectivity index (χ3n) is 8.38. The van der Waals surface area contributed by atoms with E-state index in [9.17, 15) is 18.5 Å². The molecular formula is C32H42N6O4S2. The molecule has 1 aliphatic heterocycles. The van der Waals surface area contributed by atoms with Gasteiger partial charge in [0.05, 0.1) is 15.5 Å². The van der Waals surface area contributed by atoms with Crippen LogP contribution in [0.2, 0.25) is 0 Å². The van der Waals surface area contributed by atoms with Crippen LogP contribution in [-0.2, 0) is 10.0 Å². The fraction of sp³-hybridized carbons (Fsp3) is 0.406. The summed E-state index contributed by atoms with van der Waals surface area (Å²) in [5.74, 6) is 0.280. The van der Waals surface area contributed by atoms with Gasteiger partial charge < -0.3 is 10.2 Å². The van der Waals surface area contributed by atoms with Gasteiger partial charge in [0.25, 0.3) is 15.7 Å². The number of hydrogen-bond donors (Lipinski definition) is 3. The molecule has 1 unspecified atom stereocenters. The van der Waals surface area contributed by atoms with E-state index in [4.69, 9.17) is 5.41 Å². The van der Waals surface area contributed by atoms with Crippen LogP contribution in [0.25, 0.3) is 0 Å². The van der Waals surface area contributed by atoms with Crippen molar-refractivity contribution < 1.29 is 13.3 Å². The Morgan fingerprint density at radius 2 is 1.70 bits per heavy atom. The van der Waals surface area contributed by atoms with Crippen LogP contribution >= 0.6 is 11.8 Å². The molecule has 10 nitrogen and oxygen atoms in total. The number of rotatable bonds is 12. The summed E-state index contributed by atoms with van der Waals surface area (Å²) >= 11 is 1.63. The van der Waals surface area contributed by atoms with Gasteiger partial charge in [-0.15, -0.1) is 11.8 Å². The Morgan fingerprint density at radius 1 is 1.07 bits per heavy atom. The molecule has 1 aliphatic rings. The second kappa shape index (κ2) is 13.6. The number of sulfonamides is 1. The number of amidine groups is 1. The first-order valence-electron chi connectivity index (χ1n) is 14.6. The van der Waals surface area contributed by atoms with E-state index in [0.29, 0.717) is 23.2 Å². The van der Waals surface area contributed by atoms with Crippen molar-refractivity contribution in [3.05, 3.63) is 88.5 Å². The fourth-order valence-corrected chi connectivity index (χ4v) is 7.46. The Labute approximate surface area is 264 Å². The highest BCUT2D eigenvalue weighted by Gasteiger charge is 2.34. The average molecular weight is 639 g/mol. The lowest BCUT2D eigenvalue weighted by Crippen LogP contribution is -2.52. The zero-order chi connectivity index (χ0) is 32.1. The first kappa shape index (κ1) is 33.3. The Kier molecular flexibility index (Phi) is 10.3. The maximum atomic E-state index is 13.3. The smallest absolute Gasteiger partial charge is 0.293 e. The van der Waals surface area contributed by atoms with Crippen molar-refractivity contribution in [2.75, 3.05) is 43.2 Å². The Bertz CT molecular complexity index is 1570. The predicted molar refractivity (Wildman–Crippen MR) is 179 cm³/mol. The van der Waals surface area contributed by atoms with E-state index >= 15 is 0 Å². The summed E-state index contributed by atoms with van der Waals surface area (Å²) in [6, 6.07) is 20.9. The molecule has 3 aromatic rings. The van der Waals surface area contributed by atoms with Gasteiger partial charge >= 0.3 is 0 Å². The van der Waals surface area contributed by atoms with Gasteiger partial charge in [0.2, 0.25) is 0 Å². The summed E-state index contributed by atoms with van der Waals surface area (Å²) in [4.78, 5) is 16.6. The number of nitro groups is 1. The Hall–Kier alpha value is -3.61. The molecule has 0 aromatic heterocycles. The zero-order valence-electron chi connectivity index (χ0n) is 26.0. The SMILES string of the molecule is CCC(CSc1ccccc1)(Nc1ccc(S(=O)(=O)NC(=N)c2ccc(N3CCC(C)(C)CC3)cc2)cc1[N+](=O)[O-])N(C)C. The Morgan fingerprint density at radius 3 is 2.27 bits per heavy atom. The molecule has 0 spiro atoms. The van der Waals surface area contributed by atoms with Crippen molar-refractivity contribution in [3.63, 3.8) is 0 Å². The number of nitrogens with one attached hydrogen (secondary N) is 3. The molecule has 1 heterocycles. The van der Waals surface area contributed by atoms with Crippen LogP contribution in [0.3, 0.4) is 0 Å². The zero-order valence-corrected chi connectivity index (χ0v) is 27.6. The maximum absolute atomic E-state index is 13.3. The Balaban J connectivity index is 1.51. The van der Waals surface area contributed by atoms with Crippen LogP contribution in [0.5, 0.6) is 0 Å². The molecule has 0 saturated carbocycles. The summed E-state index contributed by atoms with van der Waals surface area (Å²) in [5.41, 5.74) is 0.955. The van der Waals surface area contributed by atoms with Gasteiger partial charge in [-0.05, 0) is 87.3 Å². The molecule has 3 N–H and O–H groups in total. The highest BCUT2D eigenvalue weighted by Crippen LogP contribution is 2.35. The number of piperidine rings is 1. The lowest BCUT2D eigenvalue weighted by atomic mass is 9.82. The summed E-state index contributed by atoms with van der Waals surface area (Å²) in [5, 5.41) is 23.9. The van der Waals surface area contributed by atoms with E-state index in [2.05, 4.69) is 28.8 Å². The molecule has 1 atom stereocenters. The van der Waals surface area contributed by atoms with E-state index in [1.807, 2.05) is 68.4 Å². The standard InChI is InChI=1S/C32H42N6O4S2/c1-6-32(36(4)5,23-43-26-10-8-7-9-11-26)34-28-17-16-27(22-29(28)38(39)40)44(41,42)35-30(33)24-12-14-25(15-13-24)37-20-18-31(2,3)19-21-37/h7-17,22,34H,6,18-21,23H2,1-5H3,(H2,33,35). The summed E-state index contributed by atoms with van der Waals surface area (Å²) in [7, 11) is -0.458. The van der Waals surface area contributed by atoms with E-state index in [-0.39, 0.29) is 22.1 Å². The van der Waals surface area contributed by atoms with Crippen LogP contribution in [0.1, 0.15) is 45.6 Å². The van der Waals surface area contributed by atoms with E-state index < -0.39 is 20.6 Å². The van der Waals surface area contributed by atoms with Gasteiger partial charge in [0, 0.05) is 41.1 Å². The van der Waals surface area contributed by atoms with E-state index in [1.165, 1.54) is 12.1 Å². The molecule has 0 bridgehead atoms. The lowest BCUT2D eigenvalue weighted by molar-refractivity contribution is -0.384. The minimum absolute atomic E-state index is 0.213. The second-order valence-electron chi connectivity index (χ2n) is 12.1. The molecule has 44 heavy (non-hydrogen) atoms. The lowest BCUT2D eigenvalue weighted by Gasteiger charge is -2.40. The van der Waals surface area contributed by atoms with Gasteiger partial charge in [-0.25, -0.2) is 8.42 Å². The van der Waals surface area contributed by atoms with Gasteiger partial charge in [-0.2, -0.15) is 0 Å². The van der Waals surface area contributed by atoms with Gasteiger partial charge in [-0.1, -0.05) is 39.0 Å². The number of benzene rings is 3. The molecular weight excluding hydrogens is 597 g/mol. The van der Waals surface area contributed by atoms with Crippen molar-refractivity contribution >= 4 is 44.7 Å². The van der Waals surface area contributed by atoms with Crippen LogP contribution in [0, 0.1) is 20.9 Å². The highest BCUT2D eigenvalue weighted by molar-refractivity contribution is 7.99. The van der Waals surface area contributed by atoms with Crippen LogP contribution in [-0.4, -0.2) is 62.7 Å². The number of nitro benzene ring substituents is 1. The predicted octanol–water partition coefficient (Wildman–Crippen LogP) is 6.40. The molecule has 236 valence electrons. The third-order valence-corrected chi connectivity index (χ3v) is 11.0. The molecule has 0 amide bonds. The summed E-state index contributed by atoms with van der Waals surface area (Å²) in [6.45, 7) is 8.43. The number of hydrogen-bond acceptors (Lipinski definition) is 9. The molecule has 1 fully saturated rings. The summed E-state index contributed by atoms with van der Waals surface area (Å²) < 4.78 is 28.8. The van der Waals surface area contributed by atoms with E-state index in [1.54, 1.807) is 23.9 Å². The normalized spacial score (nSPS) is 16.3. The molecule has 3 aromatic carbocycles. The number of anilines is 2. The highest BCUT2D eigenvalue weighted by atomic mass is 32.2. The van der Waals surface area contributed by atoms with Crippen LogP contribution in [0.15, 0.2) is 82.6 Å². The van der Waals surface area contributed by atoms with Crippen molar-refractivity contribution in [1.82, 2.24) is 9.62 Å². The third kappa shape index (κ3) is 7.91. The van der Waals surface area contributed by atoms with Crippen molar-refractivity contribution in [2.45, 2.75) is 55.5 Å². The molecule has 0 aliphatic carbocycles. The minimum atomic E-state index is -4.27. The quantitative estimate of drug-likeness (QED) is 0.0519. The van der Waals surface area contributed by atoms with Gasteiger partial charge in [0.15, 0.2) is 0 Å². The number of thioether (sulfide) groups is 1. The number of nitrogens with zero attached hydrogens (tertiary/aromatic N) is 3.